The van der Waals surface area contributed by atoms with Crippen LogP contribution in [-0.2, 0) is 13.5 Å². The summed E-state index contributed by atoms with van der Waals surface area (Å²) >= 11 is 0. The summed E-state index contributed by atoms with van der Waals surface area (Å²) < 4.78 is 1.95. The first-order chi connectivity index (χ1) is 12.0. The van der Waals surface area contributed by atoms with Crippen LogP contribution in [0.25, 0.3) is 21.9 Å². The van der Waals surface area contributed by atoms with Crippen molar-refractivity contribution in [3.63, 3.8) is 0 Å². The highest BCUT2D eigenvalue weighted by molar-refractivity contribution is 5.92. The molecule has 0 radical (unpaired) electrons. The number of hydrogen-bond acceptors (Lipinski definition) is 4. The van der Waals surface area contributed by atoms with E-state index in [1.807, 2.05) is 35.9 Å². The molecule has 0 bridgehead atoms. The molecule has 7 nitrogen and oxygen atoms in total. The Morgan fingerprint density at radius 3 is 2.72 bits per heavy atom. The SMILES string of the molecule is Cn1c(Cc2nc3cc(C(=O)O)ccc3c(=O)[nH]2)nc2ccccc21. The topological polar surface area (TPSA) is 101 Å². The average molecular weight is 334 g/mol. The number of para-hydroxylation sites is 2. The molecule has 7 heteroatoms. The molecule has 0 spiro atoms. The van der Waals surface area contributed by atoms with Crippen molar-refractivity contribution in [2.24, 2.45) is 7.05 Å². The Balaban J connectivity index is 1.81. The molecule has 0 saturated carbocycles. The van der Waals surface area contributed by atoms with Crippen LogP contribution in [0.4, 0.5) is 0 Å². The number of nitrogens with one attached hydrogen (secondary N) is 1. The minimum Gasteiger partial charge on any atom is -0.478 e. The van der Waals surface area contributed by atoms with E-state index in [-0.39, 0.29) is 11.1 Å². The quantitative estimate of drug-likeness (QED) is 0.597. The minimum atomic E-state index is -1.05. The zero-order chi connectivity index (χ0) is 17.6. The maximum Gasteiger partial charge on any atom is 0.335 e. The van der Waals surface area contributed by atoms with Gasteiger partial charge in [0.1, 0.15) is 11.6 Å². The Labute approximate surface area is 141 Å². The Hall–Kier alpha value is -3.48. The predicted octanol–water partition coefficient (Wildman–Crippen LogP) is 2.10. The lowest BCUT2D eigenvalue weighted by molar-refractivity contribution is 0.0697. The fourth-order valence-electron chi connectivity index (χ4n) is 2.91. The van der Waals surface area contributed by atoms with Gasteiger partial charge in [-0.3, -0.25) is 4.79 Å². The Morgan fingerprint density at radius 2 is 1.96 bits per heavy atom. The normalized spacial score (nSPS) is 11.2. The Morgan fingerprint density at radius 1 is 1.16 bits per heavy atom. The number of benzene rings is 2. The van der Waals surface area contributed by atoms with Crippen molar-refractivity contribution < 1.29 is 9.90 Å². The van der Waals surface area contributed by atoms with Crippen LogP contribution in [0, 0.1) is 0 Å². The lowest BCUT2D eigenvalue weighted by atomic mass is 10.1. The van der Waals surface area contributed by atoms with E-state index < -0.39 is 5.97 Å². The number of H-pyrrole nitrogens is 1. The van der Waals surface area contributed by atoms with Gasteiger partial charge in [-0.15, -0.1) is 0 Å². The lowest BCUT2D eigenvalue weighted by Gasteiger charge is -2.05. The van der Waals surface area contributed by atoms with Crippen LogP contribution in [0.3, 0.4) is 0 Å². The highest BCUT2D eigenvalue weighted by atomic mass is 16.4. The number of aromatic nitrogens is 4. The summed E-state index contributed by atoms with van der Waals surface area (Å²) in [6.07, 6.45) is 0.341. The number of nitrogens with zero attached hydrogens (tertiary/aromatic N) is 3. The Kier molecular flexibility index (Phi) is 3.35. The average Bonchev–Trinajstić information content (AvgIpc) is 2.90. The van der Waals surface area contributed by atoms with E-state index in [1.54, 1.807) is 0 Å². The van der Waals surface area contributed by atoms with E-state index in [2.05, 4.69) is 15.0 Å². The maximum absolute atomic E-state index is 12.3. The number of imidazole rings is 1. The standard InChI is InChI=1S/C18H14N4O3/c1-22-14-5-3-2-4-12(14)20-16(22)9-15-19-13-8-10(18(24)25)6-7-11(13)17(23)21-15/h2-8H,9H2,1H3,(H,24,25)(H,19,21,23). The number of aromatic amines is 1. The van der Waals surface area contributed by atoms with Crippen molar-refractivity contribution in [3.05, 3.63) is 70.0 Å². The van der Waals surface area contributed by atoms with Crippen molar-refractivity contribution >= 4 is 27.9 Å². The summed E-state index contributed by atoms with van der Waals surface area (Å²) in [6, 6.07) is 12.0. The predicted molar refractivity (Wildman–Crippen MR) is 92.8 cm³/mol. The first-order valence-corrected chi connectivity index (χ1v) is 7.69. The molecule has 25 heavy (non-hydrogen) atoms. The van der Waals surface area contributed by atoms with E-state index >= 15 is 0 Å². The summed E-state index contributed by atoms with van der Waals surface area (Å²) in [5.41, 5.74) is 2.03. The van der Waals surface area contributed by atoms with Crippen molar-refractivity contribution in [1.82, 2.24) is 19.5 Å². The van der Waals surface area contributed by atoms with Gasteiger partial charge in [0.05, 0.1) is 33.9 Å². The van der Waals surface area contributed by atoms with Crippen LogP contribution in [0.15, 0.2) is 47.3 Å². The number of carbonyl (C=O) groups is 1. The maximum atomic E-state index is 12.3. The molecular weight excluding hydrogens is 320 g/mol. The minimum absolute atomic E-state index is 0.0966. The smallest absolute Gasteiger partial charge is 0.335 e. The van der Waals surface area contributed by atoms with E-state index in [0.29, 0.717) is 23.1 Å². The first kappa shape index (κ1) is 15.1. The van der Waals surface area contributed by atoms with Crippen molar-refractivity contribution in [3.8, 4) is 0 Å². The molecule has 2 N–H and O–H groups in total. The third-order valence-corrected chi connectivity index (χ3v) is 4.21. The number of hydrogen-bond donors (Lipinski definition) is 2. The number of aromatic carboxylic acids is 1. The highest BCUT2D eigenvalue weighted by Gasteiger charge is 2.12. The molecule has 0 fully saturated rings. The molecule has 2 aromatic heterocycles. The second-order valence-corrected chi connectivity index (χ2v) is 5.80. The fourth-order valence-corrected chi connectivity index (χ4v) is 2.91. The van der Waals surface area contributed by atoms with E-state index in [9.17, 15) is 9.59 Å². The lowest BCUT2D eigenvalue weighted by Crippen LogP contribution is -2.14. The van der Waals surface area contributed by atoms with E-state index in [1.165, 1.54) is 18.2 Å². The molecule has 0 aliphatic rings. The number of carboxylic acid groups (broad SMARTS) is 1. The second kappa shape index (κ2) is 5.55. The largest absolute Gasteiger partial charge is 0.478 e. The summed E-state index contributed by atoms with van der Waals surface area (Å²) in [5.74, 6) is 0.150. The third kappa shape index (κ3) is 2.55. The fraction of sp³-hybridized carbons (Fsp3) is 0.111. The summed E-state index contributed by atoms with van der Waals surface area (Å²) in [5, 5.41) is 9.47. The summed E-state index contributed by atoms with van der Waals surface area (Å²) in [7, 11) is 1.91. The molecule has 0 unspecified atom stereocenters. The molecule has 124 valence electrons. The zero-order valence-electron chi connectivity index (χ0n) is 13.4. The summed E-state index contributed by atoms with van der Waals surface area (Å²) in [6.45, 7) is 0. The van der Waals surface area contributed by atoms with Crippen molar-refractivity contribution in [1.29, 1.82) is 0 Å². The summed E-state index contributed by atoms with van der Waals surface area (Å²) in [4.78, 5) is 35.1. The third-order valence-electron chi connectivity index (χ3n) is 4.21. The van der Waals surface area contributed by atoms with Gasteiger partial charge in [-0.2, -0.15) is 0 Å². The van der Waals surface area contributed by atoms with Gasteiger partial charge in [0.2, 0.25) is 0 Å². The van der Waals surface area contributed by atoms with Crippen molar-refractivity contribution in [2.75, 3.05) is 0 Å². The molecule has 0 aliphatic heterocycles. The van der Waals surface area contributed by atoms with Gasteiger partial charge >= 0.3 is 5.97 Å². The van der Waals surface area contributed by atoms with E-state index in [0.717, 1.165) is 16.9 Å². The molecule has 0 amide bonds. The molecule has 0 atom stereocenters. The number of fused-ring (bicyclic) bond motifs is 2. The molecule has 0 saturated heterocycles. The van der Waals surface area contributed by atoms with Crippen LogP contribution in [0.5, 0.6) is 0 Å². The zero-order valence-corrected chi connectivity index (χ0v) is 13.4. The molecule has 2 aromatic carbocycles. The highest BCUT2D eigenvalue weighted by Crippen LogP contribution is 2.17. The van der Waals surface area contributed by atoms with Gasteiger partial charge in [-0.05, 0) is 30.3 Å². The van der Waals surface area contributed by atoms with E-state index in [4.69, 9.17) is 5.11 Å². The monoisotopic (exact) mass is 334 g/mol. The first-order valence-electron chi connectivity index (χ1n) is 7.69. The number of rotatable bonds is 3. The van der Waals surface area contributed by atoms with Crippen LogP contribution in [0.2, 0.25) is 0 Å². The molecule has 4 aromatic rings. The van der Waals surface area contributed by atoms with Gasteiger partial charge in [0.15, 0.2) is 0 Å². The molecule has 2 heterocycles. The molecular formula is C18H14N4O3. The molecule has 0 aliphatic carbocycles. The van der Waals surface area contributed by atoms with Gasteiger partial charge < -0.3 is 14.7 Å². The second-order valence-electron chi connectivity index (χ2n) is 5.80. The van der Waals surface area contributed by atoms with Gasteiger partial charge in [0, 0.05) is 7.05 Å². The van der Waals surface area contributed by atoms with Crippen LogP contribution in [-0.4, -0.2) is 30.6 Å². The van der Waals surface area contributed by atoms with Gasteiger partial charge in [-0.1, -0.05) is 12.1 Å². The number of aryl methyl sites for hydroxylation is 1. The Bertz CT molecular complexity index is 1190. The van der Waals surface area contributed by atoms with Gasteiger partial charge in [0.25, 0.3) is 5.56 Å². The van der Waals surface area contributed by atoms with Gasteiger partial charge in [-0.25, -0.2) is 14.8 Å². The van der Waals surface area contributed by atoms with Crippen molar-refractivity contribution in [2.45, 2.75) is 6.42 Å². The molecule has 4 rings (SSSR count). The number of carboxylic acids is 1. The van der Waals surface area contributed by atoms with Crippen LogP contribution < -0.4 is 5.56 Å². The van der Waals surface area contributed by atoms with Crippen LogP contribution in [0.1, 0.15) is 22.0 Å². The van der Waals surface area contributed by atoms with Crippen LogP contribution >= 0.6 is 0 Å².